The van der Waals surface area contributed by atoms with Gasteiger partial charge < -0.3 is 4.74 Å². The summed E-state index contributed by atoms with van der Waals surface area (Å²) in [5.41, 5.74) is 0.839. The van der Waals surface area contributed by atoms with Gasteiger partial charge in [-0.25, -0.2) is 0 Å². The van der Waals surface area contributed by atoms with E-state index < -0.39 is 10.1 Å². The Morgan fingerprint density at radius 3 is 2.86 bits per heavy atom. The van der Waals surface area contributed by atoms with Gasteiger partial charge in [-0.15, -0.1) is 0 Å². The van der Waals surface area contributed by atoms with Gasteiger partial charge >= 0.3 is 0 Å². The van der Waals surface area contributed by atoms with Crippen molar-refractivity contribution >= 4 is 10.1 Å². The molecule has 0 aliphatic carbocycles. The first kappa shape index (κ1) is 9.48. The Labute approximate surface area is 82.3 Å². The molecule has 2 rings (SSSR count). The molecule has 0 radical (unpaired) electrons. The fourth-order valence-electron chi connectivity index (χ4n) is 1.50. The van der Waals surface area contributed by atoms with Gasteiger partial charge in [0.25, 0.3) is 10.1 Å². The second kappa shape index (κ2) is 3.25. The standard InChI is InChI=1S/C9H10O4S/c10-14(11,12)8-3-4-9-7(6-8)2-1-5-13-9/h3-4,6H,1-2,5H2,(H,10,11,12). The van der Waals surface area contributed by atoms with Crippen LogP contribution in [0.5, 0.6) is 5.75 Å². The van der Waals surface area contributed by atoms with Crippen LogP contribution in [0.2, 0.25) is 0 Å². The van der Waals surface area contributed by atoms with Crippen LogP contribution in [0.4, 0.5) is 0 Å². The van der Waals surface area contributed by atoms with E-state index in [9.17, 15) is 8.42 Å². The summed E-state index contributed by atoms with van der Waals surface area (Å²) in [4.78, 5) is -0.0678. The zero-order chi connectivity index (χ0) is 10.2. The number of aryl methyl sites for hydroxylation is 1. The average Bonchev–Trinajstić information content (AvgIpc) is 2.16. The van der Waals surface area contributed by atoms with Crippen LogP contribution in [0.1, 0.15) is 12.0 Å². The van der Waals surface area contributed by atoms with Crippen LogP contribution in [-0.2, 0) is 16.5 Å². The van der Waals surface area contributed by atoms with E-state index in [0.29, 0.717) is 12.4 Å². The number of ether oxygens (including phenoxy) is 1. The third kappa shape index (κ3) is 1.73. The Balaban J connectivity index is 2.49. The summed E-state index contributed by atoms with van der Waals surface area (Å²) in [6.07, 6.45) is 1.67. The highest BCUT2D eigenvalue weighted by molar-refractivity contribution is 7.85. The SMILES string of the molecule is O=S(=O)(O)c1ccc2c(c1)CCCO2. The van der Waals surface area contributed by atoms with Crippen molar-refractivity contribution in [1.82, 2.24) is 0 Å². The summed E-state index contributed by atoms with van der Waals surface area (Å²) in [5.74, 6) is 0.712. The highest BCUT2D eigenvalue weighted by Gasteiger charge is 2.15. The molecule has 0 amide bonds. The predicted octanol–water partition coefficient (Wildman–Crippen LogP) is 1.26. The van der Waals surface area contributed by atoms with Crippen molar-refractivity contribution in [3.05, 3.63) is 23.8 Å². The minimum absolute atomic E-state index is 0.0678. The van der Waals surface area contributed by atoms with Gasteiger partial charge in [0, 0.05) is 0 Å². The lowest BCUT2D eigenvalue weighted by Gasteiger charge is -2.17. The minimum atomic E-state index is -4.09. The van der Waals surface area contributed by atoms with Crippen LogP contribution in [-0.4, -0.2) is 19.6 Å². The lowest BCUT2D eigenvalue weighted by molar-refractivity contribution is 0.288. The largest absolute Gasteiger partial charge is 0.493 e. The van der Waals surface area contributed by atoms with Crippen molar-refractivity contribution in [2.45, 2.75) is 17.7 Å². The number of hydrogen-bond donors (Lipinski definition) is 1. The van der Waals surface area contributed by atoms with Crippen molar-refractivity contribution in [3.63, 3.8) is 0 Å². The smallest absolute Gasteiger partial charge is 0.294 e. The molecule has 4 nitrogen and oxygen atoms in total. The maximum absolute atomic E-state index is 10.8. The molecule has 1 aromatic rings. The van der Waals surface area contributed by atoms with Crippen LogP contribution in [0.3, 0.4) is 0 Å². The van der Waals surface area contributed by atoms with E-state index in [1.165, 1.54) is 12.1 Å². The molecule has 0 saturated heterocycles. The molecule has 1 N–H and O–H groups in total. The number of benzene rings is 1. The molecule has 0 fully saturated rings. The van der Waals surface area contributed by atoms with Crippen molar-refractivity contribution in [1.29, 1.82) is 0 Å². The number of hydrogen-bond acceptors (Lipinski definition) is 3. The lowest BCUT2D eigenvalue weighted by Crippen LogP contribution is -2.09. The maximum atomic E-state index is 10.8. The molecule has 1 aromatic carbocycles. The fourth-order valence-corrected chi connectivity index (χ4v) is 2.03. The van der Waals surface area contributed by atoms with Crippen molar-refractivity contribution in [3.8, 4) is 5.75 Å². The maximum Gasteiger partial charge on any atom is 0.294 e. The average molecular weight is 214 g/mol. The van der Waals surface area contributed by atoms with Gasteiger partial charge in [0.2, 0.25) is 0 Å². The van der Waals surface area contributed by atoms with Crippen LogP contribution in [0, 0.1) is 0 Å². The van der Waals surface area contributed by atoms with Crippen LogP contribution >= 0.6 is 0 Å². The molecule has 0 aromatic heterocycles. The summed E-state index contributed by atoms with van der Waals surface area (Å²) < 4.78 is 35.8. The molecule has 76 valence electrons. The van der Waals surface area contributed by atoms with E-state index in [2.05, 4.69) is 0 Å². The zero-order valence-electron chi connectivity index (χ0n) is 7.43. The summed E-state index contributed by atoms with van der Waals surface area (Å²) >= 11 is 0. The van der Waals surface area contributed by atoms with Crippen LogP contribution in [0.25, 0.3) is 0 Å². The molecule has 14 heavy (non-hydrogen) atoms. The highest BCUT2D eigenvalue weighted by Crippen LogP contribution is 2.26. The van der Waals surface area contributed by atoms with E-state index >= 15 is 0 Å². The normalized spacial score (nSPS) is 15.8. The Bertz CT molecular complexity index is 450. The van der Waals surface area contributed by atoms with Gasteiger partial charge in [-0.1, -0.05) is 0 Å². The fraction of sp³-hybridized carbons (Fsp3) is 0.333. The van der Waals surface area contributed by atoms with Crippen molar-refractivity contribution in [2.24, 2.45) is 0 Å². The summed E-state index contributed by atoms with van der Waals surface area (Å²) in [6, 6.07) is 4.39. The first-order valence-electron chi connectivity index (χ1n) is 4.30. The predicted molar refractivity (Wildman–Crippen MR) is 50.1 cm³/mol. The molecule has 1 aliphatic rings. The summed E-state index contributed by atoms with van der Waals surface area (Å²) in [5, 5.41) is 0. The first-order valence-corrected chi connectivity index (χ1v) is 5.74. The second-order valence-electron chi connectivity index (χ2n) is 3.20. The van der Waals surface area contributed by atoms with Crippen LogP contribution < -0.4 is 4.74 Å². The van der Waals surface area contributed by atoms with Crippen LogP contribution in [0.15, 0.2) is 23.1 Å². The van der Waals surface area contributed by atoms with E-state index in [4.69, 9.17) is 9.29 Å². The third-order valence-electron chi connectivity index (χ3n) is 2.18. The Kier molecular flexibility index (Phi) is 2.20. The molecule has 0 saturated carbocycles. The Morgan fingerprint density at radius 1 is 1.36 bits per heavy atom. The van der Waals surface area contributed by atoms with Gasteiger partial charge in [0.15, 0.2) is 0 Å². The molecule has 5 heteroatoms. The zero-order valence-corrected chi connectivity index (χ0v) is 8.25. The molecule has 0 unspecified atom stereocenters. The van der Waals surface area contributed by atoms with E-state index in [1.54, 1.807) is 6.07 Å². The molecule has 1 heterocycles. The Morgan fingerprint density at radius 2 is 2.14 bits per heavy atom. The molecule has 1 aliphatic heterocycles. The van der Waals surface area contributed by atoms with Crippen molar-refractivity contribution in [2.75, 3.05) is 6.61 Å². The van der Waals surface area contributed by atoms with Gasteiger partial charge in [-0.2, -0.15) is 8.42 Å². The van der Waals surface area contributed by atoms with Gasteiger partial charge in [-0.05, 0) is 36.6 Å². The number of fused-ring (bicyclic) bond motifs is 1. The van der Waals surface area contributed by atoms with Gasteiger partial charge in [0.1, 0.15) is 5.75 Å². The second-order valence-corrected chi connectivity index (χ2v) is 4.62. The third-order valence-corrected chi connectivity index (χ3v) is 3.03. The minimum Gasteiger partial charge on any atom is -0.493 e. The van der Waals surface area contributed by atoms with E-state index in [0.717, 1.165) is 18.4 Å². The van der Waals surface area contributed by atoms with Crippen molar-refractivity contribution < 1.29 is 17.7 Å². The highest BCUT2D eigenvalue weighted by atomic mass is 32.2. The first-order chi connectivity index (χ1) is 6.57. The molecule has 0 spiro atoms. The number of rotatable bonds is 1. The quantitative estimate of drug-likeness (QED) is 0.715. The molecule has 0 atom stereocenters. The lowest BCUT2D eigenvalue weighted by atomic mass is 10.1. The topological polar surface area (TPSA) is 63.6 Å². The van der Waals surface area contributed by atoms with Gasteiger partial charge in [-0.3, -0.25) is 4.55 Å². The van der Waals surface area contributed by atoms with E-state index in [1.807, 2.05) is 0 Å². The summed E-state index contributed by atoms with van der Waals surface area (Å²) in [7, 11) is -4.09. The van der Waals surface area contributed by atoms with E-state index in [-0.39, 0.29) is 4.90 Å². The molecular weight excluding hydrogens is 204 g/mol. The summed E-state index contributed by atoms with van der Waals surface area (Å²) in [6.45, 7) is 0.665. The van der Waals surface area contributed by atoms with Gasteiger partial charge in [0.05, 0.1) is 11.5 Å². The Hall–Kier alpha value is -1.07. The monoisotopic (exact) mass is 214 g/mol. The molecule has 0 bridgehead atoms. The molecular formula is C9H10O4S.